The van der Waals surface area contributed by atoms with E-state index in [-0.39, 0.29) is 12.3 Å². The highest BCUT2D eigenvalue weighted by atomic mass is 32.2. The number of carbonyl (C=O) groups is 2. The van der Waals surface area contributed by atoms with E-state index in [0.29, 0.717) is 33.8 Å². The molecule has 1 N–H and O–H groups in total. The zero-order valence-electron chi connectivity index (χ0n) is 15.1. The van der Waals surface area contributed by atoms with Crippen molar-refractivity contribution in [2.24, 2.45) is 0 Å². The SMILES string of the molecule is Cc1ccc(Oc2ccc(C=C3SC(=S)N(CCCC(=O)O)C3=O)cn2)cc1. The van der Waals surface area contributed by atoms with Crippen LogP contribution in [0.3, 0.4) is 0 Å². The number of rotatable bonds is 7. The number of carbonyl (C=O) groups excluding carboxylic acids is 1. The minimum Gasteiger partial charge on any atom is -0.481 e. The van der Waals surface area contributed by atoms with Crippen LogP contribution < -0.4 is 4.74 Å². The third kappa shape index (κ3) is 5.17. The number of ether oxygens (including phenoxy) is 1. The Morgan fingerprint density at radius 3 is 2.68 bits per heavy atom. The standard InChI is InChI=1S/C20H18N2O4S2/c1-13-4-7-15(8-5-13)26-17-9-6-14(12-21-17)11-16-19(25)22(20(27)28-16)10-2-3-18(23)24/h4-9,11-12H,2-3,10H2,1H3,(H,23,24). The number of amides is 1. The summed E-state index contributed by atoms with van der Waals surface area (Å²) in [7, 11) is 0. The van der Waals surface area contributed by atoms with Gasteiger partial charge in [0.15, 0.2) is 0 Å². The molecule has 1 saturated heterocycles. The molecule has 28 heavy (non-hydrogen) atoms. The van der Waals surface area contributed by atoms with Gasteiger partial charge in [0.25, 0.3) is 5.91 Å². The Morgan fingerprint density at radius 1 is 1.29 bits per heavy atom. The first-order chi connectivity index (χ1) is 13.4. The molecule has 1 aliphatic heterocycles. The van der Waals surface area contributed by atoms with Crippen molar-refractivity contribution < 1.29 is 19.4 Å². The second-order valence-corrected chi connectivity index (χ2v) is 7.85. The summed E-state index contributed by atoms with van der Waals surface area (Å²) < 4.78 is 6.14. The minimum absolute atomic E-state index is 0.00245. The molecule has 0 spiro atoms. The Bertz CT molecular complexity index is 924. The van der Waals surface area contributed by atoms with Crippen molar-refractivity contribution in [1.29, 1.82) is 0 Å². The predicted molar refractivity (Wildman–Crippen MR) is 112 cm³/mol. The zero-order chi connectivity index (χ0) is 20.1. The van der Waals surface area contributed by atoms with Crippen LogP contribution in [0.15, 0.2) is 47.5 Å². The molecule has 1 aromatic carbocycles. The van der Waals surface area contributed by atoms with Crippen LogP contribution in [0.4, 0.5) is 0 Å². The Hall–Kier alpha value is -2.71. The Balaban J connectivity index is 1.64. The molecule has 0 aliphatic carbocycles. The molecule has 0 radical (unpaired) electrons. The summed E-state index contributed by atoms with van der Waals surface area (Å²) in [6.07, 6.45) is 3.71. The maximum Gasteiger partial charge on any atom is 0.303 e. The number of benzene rings is 1. The van der Waals surface area contributed by atoms with Crippen LogP contribution in [-0.4, -0.2) is 37.7 Å². The molecule has 2 aromatic rings. The summed E-state index contributed by atoms with van der Waals surface area (Å²) in [4.78, 5) is 29.3. The number of aliphatic carboxylic acids is 1. The average molecular weight is 415 g/mol. The number of pyridine rings is 1. The molecule has 1 aliphatic rings. The topological polar surface area (TPSA) is 79.7 Å². The predicted octanol–water partition coefficient (Wildman–Crippen LogP) is 4.25. The van der Waals surface area contributed by atoms with Gasteiger partial charge in [-0.1, -0.05) is 41.7 Å². The quantitative estimate of drug-likeness (QED) is 0.536. The molecule has 8 heteroatoms. The van der Waals surface area contributed by atoms with Gasteiger partial charge >= 0.3 is 5.97 Å². The minimum atomic E-state index is -0.889. The third-order valence-corrected chi connectivity index (χ3v) is 5.32. The van der Waals surface area contributed by atoms with Gasteiger partial charge < -0.3 is 9.84 Å². The highest BCUT2D eigenvalue weighted by Gasteiger charge is 2.31. The number of aryl methyl sites for hydroxylation is 1. The third-order valence-electron chi connectivity index (χ3n) is 3.95. The fourth-order valence-electron chi connectivity index (χ4n) is 2.50. The van der Waals surface area contributed by atoms with Crippen LogP contribution in [-0.2, 0) is 9.59 Å². The van der Waals surface area contributed by atoms with Crippen LogP contribution in [0.2, 0.25) is 0 Å². The van der Waals surface area contributed by atoms with E-state index in [1.165, 1.54) is 16.7 Å². The molecule has 0 saturated carbocycles. The van der Waals surface area contributed by atoms with Crippen molar-refractivity contribution in [3.05, 3.63) is 58.6 Å². The lowest BCUT2D eigenvalue weighted by molar-refractivity contribution is -0.137. The van der Waals surface area contributed by atoms with Gasteiger partial charge in [0.1, 0.15) is 10.1 Å². The lowest BCUT2D eigenvalue weighted by atomic mass is 10.2. The van der Waals surface area contributed by atoms with Crippen molar-refractivity contribution in [1.82, 2.24) is 9.88 Å². The summed E-state index contributed by atoms with van der Waals surface area (Å²) in [5.74, 6) is 0.0654. The van der Waals surface area contributed by atoms with Gasteiger partial charge in [-0.25, -0.2) is 4.98 Å². The molecule has 6 nitrogen and oxygen atoms in total. The summed E-state index contributed by atoms with van der Waals surface area (Å²) in [5.41, 5.74) is 1.90. The summed E-state index contributed by atoms with van der Waals surface area (Å²) >= 11 is 6.44. The molecule has 1 amide bonds. The van der Waals surface area contributed by atoms with Gasteiger partial charge in [-0.3, -0.25) is 14.5 Å². The van der Waals surface area contributed by atoms with Gasteiger partial charge in [0, 0.05) is 25.2 Å². The first kappa shape index (κ1) is 20.0. The molecule has 3 rings (SSSR count). The maximum atomic E-state index is 12.5. The number of hydrogen-bond acceptors (Lipinski definition) is 6. The van der Waals surface area contributed by atoms with Crippen LogP contribution in [0.1, 0.15) is 24.0 Å². The van der Waals surface area contributed by atoms with E-state index in [9.17, 15) is 9.59 Å². The van der Waals surface area contributed by atoms with E-state index in [2.05, 4.69) is 4.98 Å². The smallest absolute Gasteiger partial charge is 0.303 e. The number of aromatic nitrogens is 1. The Kier molecular flexibility index (Phi) is 6.43. The highest BCUT2D eigenvalue weighted by molar-refractivity contribution is 8.26. The molecule has 2 heterocycles. The van der Waals surface area contributed by atoms with Crippen LogP contribution in [0.25, 0.3) is 6.08 Å². The average Bonchev–Trinajstić information content (AvgIpc) is 2.92. The first-order valence-electron chi connectivity index (χ1n) is 8.60. The maximum absolute atomic E-state index is 12.5. The van der Waals surface area contributed by atoms with Crippen molar-refractivity contribution in [3.8, 4) is 11.6 Å². The van der Waals surface area contributed by atoms with E-state index in [1.54, 1.807) is 18.3 Å². The van der Waals surface area contributed by atoms with Gasteiger partial charge in [-0.05, 0) is 43.2 Å². The fraction of sp³-hybridized carbons (Fsp3) is 0.200. The summed E-state index contributed by atoms with van der Waals surface area (Å²) in [5, 5.41) is 8.72. The van der Waals surface area contributed by atoms with E-state index in [4.69, 9.17) is 22.1 Å². The molecular formula is C20H18N2O4S2. The van der Waals surface area contributed by atoms with E-state index < -0.39 is 5.97 Å². The second-order valence-electron chi connectivity index (χ2n) is 6.18. The Labute approximate surface area is 172 Å². The zero-order valence-corrected chi connectivity index (χ0v) is 16.8. The lowest BCUT2D eigenvalue weighted by Gasteiger charge is -2.13. The molecular weight excluding hydrogens is 396 g/mol. The fourth-order valence-corrected chi connectivity index (χ4v) is 3.81. The molecule has 0 unspecified atom stereocenters. The molecule has 1 aromatic heterocycles. The highest BCUT2D eigenvalue weighted by Crippen LogP contribution is 2.32. The van der Waals surface area contributed by atoms with Crippen LogP contribution >= 0.6 is 24.0 Å². The number of hydrogen-bond donors (Lipinski definition) is 1. The van der Waals surface area contributed by atoms with E-state index in [1.807, 2.05) is 37.3 Å². The van der Waals surface area contributed by atoms with Crippen molar-refractivity contribution in [2.75, 3.05) is 6.54 Å². The van der Waals surface area contributed by atoms with E-state index in [0.717, 1.165) is 11.1 Å². The number of carboxylic acid groups (broad SMARTS) is 1. The van der Waals surface area contributed by atoms with Gasteiger partial charge in [-0.2, -0.15) is 0 Å². The largest absolute Gasteiger partial charge is 0.481 e. The number of thioether (sulfide) groups is 1. The number of nitrogens with zero attached hydrogens (tertiary/aromatic N) is 2. The number of carboxylic acids is 1. The molecule has 144 valence electrons. The van der Waals surface area contributed by atoms with Gasteiger partial charge in [0.2, 0.25) is 5.88 Å². The first-order valence-corrected chi connectivity index (χ1v) is 9.82. The van der Waals surface area contributed by atoms with Crippen molar-refractivity contribution >= 4 is 46.3 Å². The Morgan fingerprint density at radius 2 is 2.04 bits per heavy atom. The molecule has 0 atom stereocenters. The number of thiocarbonyl (C=S) groups is 1. The van der Waals surface area contributed by atoms with Crippen molar-refractivity contribution in [3.63, 3.8) is 0 Å². The molecule has 0 bridgehead atoms. The second kappa shape index (κ2) is 8.99. The molecule has 1 fully saturated rings. The summed E-state index contributed by atoms with van der Waals surface area (Å²) in [6, 6.07) is 11.2. The van der Waals surface area contributed by atoms with Gasteiger partial charge in [-0.15, -0.1) is 0 Å². The van der Waals surface area contributed by atoms with E-state index >= 15 is 0 Å². The monoisotopic (exact) mass is 414 g/mol. The lowest BCUT2D eigenvalue weighted by Crippen LogP contribution is -2.29. The normalized spacial score (nSPS) is 15.3. The van der Waals surface area contributed by atoms with Crippen LogP contribution in [0, 0.1) is 6.92 Å². The van der Waals surface area contributed by atoms with Gasteiger partial charge in [0.05, 0.1) is 4.91 Å². The summed E-state index contributed by atoms with van der Waals surface area (Å²) in [6.45, 7) is 2.31. The van der Waals surface area contributed by atoms with Crippen LogP contribution in [0.5, 0.6) is 11.6 Å². The van der Waals surface area contributed by atoms with Crippen molar-refractivity contribution in [2.45, 2.75) is 19.8 Å².